The molecule has 0 amide bonds. The summed E-state index contributed by atoms with van der Waals surface area (Å²) < 4.78 is 0. The number of hydrogen-bond donors (Lipinski definition) is 1. The number of nitrogens with two attached hydrogens (primary N) is 1. The highest BCUT2D eigenvalue weighted by Crippen LogP contribution is 2.36. The van der Waals surface area contributed by atoms with E-state index in [-0.39, 0.29) is 11.6 Å². The van der Waals surface area contributed by atoms with Gasteiger partial charge in [0.25, 0.3) is 0 Å². The molecule has 0 aliphatic rings. The second-order valence-corrected chi connectivity index (χ2v) is 7.45. The number of ketones is 2. The molecule has 1 aromatic carbocycles. The van der Waals surface area contributed by atoms with Crippen LogP contribution in [0.5, 0.6) is 0 Å². The number of rotatable bonds is 3. The molecule has 2 heterocycles. The molecule has 3 rings (SSSR count). The Morgan fingerprint density at radius 3 is 2.24 bits per heavy atom. The van der Waals surface area contributed by atoms with E-state index in [4.69, 9.17) is 5.73 Å². The highest BCUT2D eigenvalue weighted by atomic mass is 32.1. The first-order valence-electron chi connectivity index (χ1n) is 8.03. The van der Waals surface area contributed by atoms with Gasteiger partial charge in [-0.3, -0.25) is 9.59 Å². The lowest BCUT2D eigenvalue weighted by molar-refractivity contribution is 0.101. The first-order valence-corrected chi connectivity index (χ1v) is 8.85. The molecule has 0 unspecified atom stereocenters. The lowest BCUT2D eigenvalue weighted by atomic mass is 9.97. The van der Waals surface area contributed by atoms with Gasteiger partial charge in [0.05, 0.1) is 5.69 Å². The molecular weight excluding hydrogens is 332 g/mol. The van der Waals surface area contributed by atoms with Gasteiger partial charge >= 0.3 is 0 Å². The zero-order valence-electron chi connectivity index (χ0n) is 15.0. The van der Waals surface area contributed by atoms with Crippen molar-refractivity contribution in [1.29, 1.82) is 0 Å². The summed E-state index contributed by atoms with van der Waals surface area (Å²) in [7, 11) is 0. The number of carbonyl (C=O) groups excluding carboxylic acids is 2. The Morgan fingerprint density at radius 2 is 1.60 bits per heavy atom. The third kappa shape index (κ3) is 2.85. The fraction of sp³-hybridized carbons (Fsp3) is 0.250. The lowest BCUT2D eigenvalue weighted by Crippen LogP contribution is -2.05. The summed E-state index contributed by atoms with van der Waals surface area (Å²) in [6.45, 7) is 9.24. The van der Waals surface area contributed by atoms with Gasteiger partial charge in [-0.15, -0.1) is 11.3 Å². The normalized spacial score (nSPS) is 11.1. The number of nitrogens with zero attached hydrogens (tertiary/aromatic N) is 1. The molecule has 25 heavy (non-hydrogen) atoms. The van der Waals surface area contributed by atoms with Crippen LogP contribution in [0.1, 0.15) is 54.9 Å². The number of Topliss-reactive ketones (excluding diaryl/α,β-unsaturated/α-hetero) is 1. The Kier molecular flexibility index (Phi) is 4.21. The van der Waals surface area contributed by atoms with Crippen LogP contribution in [0.25, 0.3) is 10.2 Å². The van der Waals surface area contributed by atoms with Crippen molar-refractivity contribution < 1.29 is 9.59 Å². The average molecular weight is 352 g/mol. The lowest BCUT2D eigenvalue weighted by Gasteiger charge is -2.08. The quantitative estimate of drug-likeness (QED) is 0.702. The van der Waals surface area contributed by atoms with Crippen LogP contribution in [-0.2, 0) is 0 Å². The van der Waals surface area contributed by atoms with Crippen molar-refractivity contribution >= 4 is 38.8 Å². The van der Waals surface area contributed by atoms with Gasteiger partial charge in [-0.1, -0.05) is 6.07 Å². The smallest absolute Gasteiger partial charge is 0.205 e. The minimum absolute atomic E-state index is 0.0598. The molecule has 3 aromatic rings. The Balaban J connectivity index is 2.19. The maximum atomic E-state index is 13.1. The van der Waals surface area contributed by atoms with Gasteiger partial charge in [0.2, 0.25) is 5.78 Å². The maximum absolute atomic E-state index is 13.1. The zero-order valence-corrected chi connectivity index (χ0v) is 15.8. The van der Waals surface area contributed by atoms with Crippen LogP contribution in [0.15, 0.2) is 18.2 Å². The van der Waals surface area contributed by atoms with Gasteiger partial charge in [-0.05, 0) is 63.4 Å². The van der Waals surface area contributed by atoms with Crippen molar-refractivity contribution in [2.24, 2.45) is 0 Å². The minimum Gasteiger partial charge on any atom is -0.397 e. The molecule has 2 aromatic heterocycles. The van der Waals surface area contributed by atoms with E-state index in [9.17, 15) is 9.59 Å². The molecule has 5 heteroatoms. The number of aromatic nitrogens is 1. The number of nitrogen functional groups attached to an aromatic ring is 1. The number of hydrogen-bond acceptors (Lipinski definition) is 5. The Bertz CT molecular complexity index is 1050. The predicted octanol–water partition coefficient (Wildman–Crippen LogP) is 4.55. The third-order valence-corrected chi connectivity index (χ3v) is 5.70. The summed E-state index contributed by atoms with van der Waals surface area (Å²) in [5.41, 5.74) is 11.7. The van der Waals surface area contributed by atoms with Crippen molar-refractivity contribution in [2.75, 3.05) is 5.73 Å². The number of fused-ring (bicyclic) bond motifs is 1. The molecule has 0 spiro atoms. The molecule has 0 aliphatic carbocycles. The molecule has 2 N–H and O–H groups in total. The monoisotopic (exact) mass is 352 g/mol. The van der Waals surface area contributed by atoms with Crippen LogP contribution in [0.2, 0.25) is 0 Å². The van der Waals surface area contributed by atoms with Gasteiger partial charge < -0.3 is 5.73 Å². The summed E-state index contributed by atoms with van der Waals surface area (Å²) in [5, 5.41) is 0.672. The summed E-state index contributed by atoms with van der Waals surface area (Å²) in [6.07, 6.45) is 0. The summed E-state index contributed by atoms with van der Waals surface area (Å²) >= 11 is 1.28. The molecule has 0 radical (unpaired) electrons. The van der Waals surface area contributed by atoms with E-state index in [2.05, 4.69) is 4.98 Å². The van der Waals surface area contributed by atoms with Crippen LogP contribution >= 0.6 is 11.3 Å². The first-order chi connectivity index (χ1) is 11.7. The average Bonchev–Trinajstić information content (AvgIpc) is 2.85. The van der Waals surface area contributed by atoms with Crippen molar-refractivity contribution in [3.05, 3.63) is 56.6 Å². The molecule has 0 aliphatic heterocycles. The number of anilines is 1. The Labute approximate surface area is 150 Å². The van der Waals surface area contributed by atoms with Crippen molar-refractivity contribution in [1.82, 2.24) is 4.98 Å². The number of benzene rings is 1. The molecular formula is C20H20N2O2S. The largest absolute Gasteiger partial charge is 0.397 e. The highest BCUT2D eigenvalue weighted by Gasteiger charge is 2.22. The molecule has 0 saturated heterocycles. The van der Waals surface area contributed by atoms with E-state index >= 15 is 0 Å². The van der Waals surface area contributed by atoms with Gasteiger partial charge in [0.15, 0.2) is 5.78 Å². The van der Waals surface area contributed by atoms with E-state index in [1.807, 2.05) is 32.9 Å². The summed E-state index contributed by atoms with van der Waals surface area (Å²) in [6, 6.07) is 5.68. The fourth-order valence-corrected chi connectivity index (χ4v) is 4.06. The zero-order chi connectivity index (χ0) is 18.5. The van der Waals surface area contributed by atoms with Crippen LogP contribution < -0.4 is 5.73 Å². The van der Waals surface area contributed by atoms with Crippen molar-refractivity contribution in [3.63, 3.8) is 0 Å². The number of pyridine rings is 1. The standard InChI is InChI=1S/C20H20N2O2S/c1-9-6-11(3)14(7-10(9)2)18(24)19-17(21)16-8-15(13(5)23)12(4)22-20(16)25-19/h6-8H,21H2,1-5H3. The summed E-state index contributed by atoms with van der Waals surface area (Å²) in [5.74, 6) is -0.154. The number of thiophene rings is 1. The number of aryl methyl sites for hydroxylation is 4. The SMILES string of the molecule is CC(=O)c1cc2c(N)c(C(=O)c3cc(C)c(C)cc3C)sc2nc1C. The van der Waals surface area contributed by atoms with Crippen molar-refractivity contribution in [3.8, 4) is 0 Å². The fourth-order valence-electron chi connectivity index (χ4n) is 2.98. The van der Waals surface area contributed by atoms with Crippen molar-refractivity contribution in [2.45, 2.75) is 34.6 Å². The molecule has 128 valence electrons. The van der Waals surface area contributed by atoms with Gasteiger partial charge in [0.1, 0.15) is 9.71 Å². The van der Waals surface area contributed by atoms with Gasteiger partial charge in [-0.25, -0.2) is 4.98 Å². The molecule has 4 nitrogen and oxygen atoms in total. The topological polar surface area (TPSA) is 73.1 Å². The third-order valence-electron chi connectivity index (χ3n) is 4.58. The van der Waals surface area contributed by atoms with Crippen LogP contribution in [0, 0.1) is 27.7 Å². The van der Waals surface area contributed by atoms with E-state index < -0.39 is 0 Å². The van der Waals surface area contributed by atoms with E-state index in [0.29, 0.717) is 37.6 Å². The van der Waals surface area contributed by atoms with E-state index in [1.54, 1.807) is 13.0 Å². The molecule has 0 bridgehead atoms. The van der Waals surface area contributed by atoms with Crippen LogP contribution in [0.4, 0.5) is 5.69 Å². The van der Waals surface area contributed by atoms with E-state index in [1.165, 1.54) is 18.3 Å². The molecule has 0 saturated carbocycles. The molecule has 0 fully saturated rings. The van der Waals surface area contributed by atoms with Gasteiger partial charge in [0, 0.05) is 22.2 Å². The maximum Gasteiger partial charge on any atom is 0.205 e. The van der Waals surface area contributed by atoms with E-state index in [0.717, 1.165) is 16.7 Å². The van der Waals surface area contributed by atoms with Crippen LogP contribution in [-0.4, -0.2) is 16.6 Å². The second-order valence-electron chi connectivity index (χ2n) is 6.46. The predicted molar refractivity (Wildman–Crippen MR) is 103 cm³/mol. The Hall–Kier alpha value is -2.53. The Morgan fingerprint density at radius 1 is 0.960 bits per heavy atom. The number of carbonyl (C=O) groups is 2. The summed E-state index contributed by atoms with van der Waals surface area (Å²) in [4.78, 5) is 30.5. The second kappa shape index (κ2) is 6.08. The first kappa shape index (κ1) is 17.3. The molecule has 0 atom stereocenters. The minimum atomic E-state index is -0.0943. The van der Waals surface area contributed by atoms with Gasteiger partial charge in [-0.2, -0.15) is 0 Å². The van der Waals surface area contributed by atoms with Crippen LogP contribution in [0.3, 0.4) is 0 Å². The highest BCUT2D eigenvalue weighted by molar-refractivity contribution is 7.21.